The zero-order valence-corrected chi connectivity index (χ0v) is 10.4. The molecule has 1 aromatic carbocycles. The molecule has 0 unspecified atom stereocenters. The average Bonchev–Trinajstić information content (AvgIpc) is 2.75. The first-order chi connectivity index (χ1) is 9.08. The third kappa shape index (κ3) is 3.01. The van der Waals surface area contributed by atoms with Gasteiger partial charge in [0.15, 0.2) is 5.96 Å². The molecule has 7 nitrogen and oxygen atoms in total. The molecule has 1 aliphatic heterocycles. The van der Waals surface area contributed by atoms with Crippen LogP contribution in [0.2, 0.25) is 0 Å². The van der Waals surface area contributed by atoms with Crippen molar-refractivity contribution in [2.45, 2.75) is 12.8 Å². The summed E-state index contributed by atoms with van der Waals surface area (Å²) in [6, 6.07) is 7.24. The summed E-state index contributed by atoms with van der Waals surface area (Å²) in [6.45, 7) is 0.688. The Morgan fingerprint density at radius 3 is 2.58 bits per heavy atom. The van der Waals surface area contributed by atoms with Crippen LogP contribution in [0.4, 0.5) is 11.4 Å². The van der Waals surface area contributed by atoms with Crippen molar-refractivity contribution >= 4 is 29.2 Å². The molecule has 1 amide bonds. The van der Waals surface area contributed by atoms with E-state index in [-0.39, 0.29) is 17.8 Å². The van der Waals surface area contributed by atoms with Crippen LogP contribution in [0.15, 0.2) is 34.3 Å². The van der Waals surface area contributed by atoms with E-state index in [9.17, 15) is 4.79 Å². The van der Waals surface area contributed by atoms with Gasteiger partial charge >= 0.3 is 0 Å². The van der Waals surface area contributed by atoms with E-state index in [1.165, 1.54) is 0 Å². The lowest BCUT2D eigenvalue weighted by molar-refractivity contribution is -0.117. The average molecular weight is 260 g/mol. The van der Waals surface area contributed by atoms with Crippen LogP contribution in [-0.4, -0.2) is 24.4 Å². The second-order valence-corrected chi connectivity index (χ2v) is 4.14. The van der Waals surface area contributed by atoms with E-state index in [0.717, 1.165) is 12.1 Å². The van der Waals surface area contributed by atoms with Gasteiger partial charge < -0.3 is 22.1 Å². The summed E-state index contributed by atoms with van der Waals surface area (Å²) in [5, 5.41) is 0. The maximum Gasteiger partial charge on any atom is 0.227 e. The topological polar surface area (TPSA) is 123 Å². The lowest BCUT2D eigenvalue weighted by atomic mass is 10.2. The van der Waals surface area contributed by atoms with Gasteiger partial charge in [0.2, 0.25) is 11.9 Å². The number of hydrogen-bond acceptors (Lipinski definition) is 2. The summed E-state index contributed by atoms with van der Waals surface area (Å²) in [5.74, 6) is -0.113. The highest BCUT2D eigenvalue weighted by Crippen LogP contribution is 2.31. The molecule has 1 aliphatic rings. The van der Waals surface area contributed by atoms with Gasteiger partial charge in [0.25, 0.3) is 0 Å². The Morgan fingerprint density at radius 1 is 1.21 bits per heavy atom. The number of nitrogens with two attached hydrogens (primary N) is 3. The molecule has 1 saturated heterocycles. The molecule has 0 bridgehead atoms. The van der Waals surface area contributed by atoms with Gasteiger partial charge in [0, 0.05) is 13.0 Å². The van der Waals surface area contributed by atoms with Gasteiger partial charge in [-0.1, -0.05) is 12.1 Å². The number of carbonyl (C=O) groups excluding carboxylic acids is 1. The van der Waals surface area contributed by atoms with Crippen molar-refractivity contribution in [2.24, 2.45) is 27.2 Å². The Hall–Kier alpha value is -2.57. The number of aliphatic imine (C=N–C) groups is 2. The van der Waals surface area contributed by atoms with E-state index in [1.54, 1.807) is 11.0 Å². The van der Waals surface area contributed by atoms with E-state index in [2.05, 4.69) is 9.98 Å². The molecule has 0 spiro atoms. The second kappa shape index (κ2) is 5.38. The highest BCUT2D eigenvalue weighted by molar-refractivity contribution is 5.99. The van der Waals surface area contributed by atoms with E-state index >= 15 is 0 Å². The number of rotatable bonds is 2. The van der Waals surface area contributed by atoms with Gasteiger partial charge in [-0.3, -0.25) is 4.79 Å². The molecule has 2 rings (SSSR count). The maximum atomic E-state index is 11.8. The Morgan fingerprint density at radius 2 is 1.95 bits per heavy atom. The van der Waals surface area contributed by atoms with Gasteiger partial charge in [-0.25, -0.2) is 4.99 Å². The minimum absolute atomic E-state index is 0.0425. The van der Waals surface area contributed by atoms with Crippen molar-refractivity contribution in [2.75, 3.05) is 11.4 Å². The van der Waals surface area contributed by atoms with Crippen LogP contribution < -0.4 is 22.1 Å². The van der Waals surface area contributed by atoms with Crippen molar-refractivity contribution in [3.63, 3.8) is 0 Å². The van der Waals surface area contributed by atoms with Crippen LogP contribution in [0, 0.1) is 0 Å². The quantitative estimate of drug-likeness (QED) is 0.512. The van der Waals surface area contributed by atoms with Gasteiger partial charge in [-0.2, -0.15) is 4.99 Å². The number of para-hydroxylation sites is 2. The van der Waals surface area contributed by atoms with Crippen molar-refractivity contribution in [1.82, 2.24) is 0 Å². The first kappa shape index (κ1) is 12.9. The SMILES string of the molecule is NC(N)=NC(N)=Nc1ccccc1N1CCCC1=O. The Balaban J connectivity index is 2.36. The van der Waals surface area contributed by atoms with E-state index in [4.69, 9.17) is 17.2 Å². The van der Waals surface area contributed by atoms with E-state index in [1.807, 2.05) is 18.2 Å². The summed E-state index contributed by atoms with van der Waals surface area (Å²) < 4.78 is 0. The van der Waals surface area contributed by atoms with Crippen LogP contribution in [0.3, 0.4) is 0 Å². The van der Waals surface area contributed by atoms with Crippen LogP contribution in [0.1, 0.15) is 12.8 Å². The predicted octanol–water partition coefficient (Wildman–Crippen LogP) is 0.0330. The van der Waals surface area contributed by atoms with Crippen molar-refractivity contribution < 1.29 is 4.79 Å². The van der Waals surface area contributed by atoms with Crippen LogP contribution in [0.5, 0.6) is 0 Å². The van der Waals surface area contributed by atoms with Gasteiger partial charge in [-0.15, -0.1) is 0 Å². The molecule has 1 fully saturated rings. The number of guanidine groups is 2. The lowest BCUT2D eigenvalue weighted by Gasteiger charge is -2.17. The number of benzene rings is 1. The molecule has 0 radical (unpaired) electrons. The number of hydrogen-bond donors (Lipinski definition) is 3. The highest BCUT2D eigenvalue weighted by Gasteiger charge is 2.23. The second-order valence-electron chi connectivity index (χ2n) is 4.14. The summed E-state index contributed by atoms with van der Waals surface area (Å²) >= 11 is 0. The lowest BCUT2D eigenvalue weighted by Crippen LogP contribution is -2.26. The fourth-order valence-electron chi connectivity index (χ4n) is 1.97. The highest BCUT2D eigenvalue weighted by atomic mass is 16.2. The molecule has 7 heteroatoms. The van der Waals surface area contributed by atoms with Gasteiger partial charge in [-0.05, 0) is 18.6 Å². The summed E-state index contributed by atoms with van der Waals surface area (Å²) in [5.41, 5.74) is 17.4. The molecule has 6 N–H and O–H groups in total. The molecule has 1 heterocycles. The van der Waals surface area contributed by atoms with Crippen LogP contribution in [0.25, 0.3) is 0 Å². The van der Waals surface area contributed by atoms with E-state index in [0.29, 0.717) is 18.7 Å². The number of amides is 1. The van der Waals surface area contributed by atoms with Crippen molar-refractivity contribution in [3.05, 3.63) is 24.3 Å². The Labute approximate surface area is 110 Å². The zero-order chi connectivity index (χ0) is 13.8. The Kier molecular flexibility index (Phi) is 3.65. The third-order valence-electron chi connectivity index (χ3n) is 2.72. The number of nitrogens with zero attached hydrogens (tertiary/aromatic N) is 3. The minimum atomic E-state index is -0.156. The summed E-state index contributed by atoms with van der Waals surface area (Å²) in [6.07, 6.45) is 1.40. The zero-order valence-electron chi connectivity index (χ0n) is 10.4. The molecule has 100 valence electrons. The first-order valence-electron chi connectivity index (χ1n) is 5.91. The molecule has 0 aromatic heterocycles. The molecule has 0 aliphatic carbocycles. The smallest absolute Gasteiger partial charge is 0.227 e. The van der Waals surface area contributed by atoms with Gasteiger partial charge in [0.05, 0.1) is 11.4 Å². The van der Waals surface area contributed by atoms with Crippen molar-refractivity contribution in [1.29, 1.82) is 0 Å². The molecular formula is C12H16N6O. The minimum Gasteiger partial charge on any atom is -0.370 e. The summed E-state index contributed by atoms with van der Waals surface area (Å²) in [7, 11) is 0. The van der Waals surface area contributed by atoms with Gasteiger partial charge in [0.1, 0.15) is 0 Å². The maximum absolute atomic E-state index is 11.8. The molecule has 0 atom stereocenters. The fraction of sp³-hybridized carbons (Fsp3) is 0.250. The first-order valence-corrected chi connectivity index (χ1v) is 5.91. The standard InChI is InChI=1S/C12H16N6O/c13-11(14)17-12(15)16-8-4-1-2-5-9(8)18-7-3-6-10(18)19/h1-2,4-5H,3,6-7H2,(H6,13,14,15,16,17). The monoisotopic (exact) mass is 260 g/mol. The van der Waals surface area contributed by atoms with E-state index < -0.39 is 0 Å². The predicted molar refractivity (Wildman–Crippen MR) is 75.1 cm³/mol. The molecule has 19 heavy (non-hydrogen) atoms. The molecule has 0 saturated carbocycles. The number of carbonyl (C=O) groups is 1. The summed E-state index contributed by atoms with van der Waals surface area (Å²) in [4.78, 5) is 21.3. The molecular weight excluding hydrogens is 244 g/mol. The largest absolute Gasteiger partial charge is 0.370 e. The number of anilines is 1. The third-order valence-corrected chi connectivity index (χ3v) is 2.72. The normalized spacial score (nSPS) is 15.7. The molecule has 1 aromatic rings. The Bertz CT molecular complexity index is 547. The van der Waals surface area contributed by atoms with Crippen LogP contribution >= 0.6 is 0 Å². The van der Waals surface area contributed by atoms with Crippen molar-refractivity contribution in [3.8, 4) is 0 Å². The fourth-order valence-corrected chi connectivity index (χ4v) is 1.97. The van der Waals surface area contributed by atoms with Crippen LogP contribution in [-0.2, 0) is 4.79 Å².